The van der Waals surface area contributed by atoms with Gasteiger partial charge in [-0.05, 0) is 42.2 Å². The van der Waals surface area contributed by atoms with Gasteiger partial charge in [0.05, 0.1) is 24.5 Å². The number of aromatic hydroxyl groups is 1. The molecule has 0 saturated carbocycles. The minimum Gasteiger partial charge on any atom is -0.504 e. The lowest BCUT2D eigenvalue weighted by molar-refractivity contribution is -0.116. The number of phenolic OH excluding ortho intramolecular Hbond substituents is 1. The van der Waals surface area contributed by atoms with Gasteiger partial charge in [0, 0.05) is 28.3 Å². The Hall–Kier alpha value is -3.44. The number of Topliss-reactive ketones (excluding diaryl/α,β-unsaturated/α-hetero) is 1. The molecular formula is C26H23ClN2O3. The monoisotopic (exact) mass is 446 g/mol. The van der Waals surface area contributed by atoms with E-state index >= 15 is 0 Å². The van der Waals surface area contributed by atoms with Crippen molar-refractivity contribution in [2.24, 2.45) is 0 Å². The molecule has 0 amide bonds. The number of fused-ring (bicyclic) bond motifs is 1. The number of phenols is 1. The smallest absolute Gasteiger partial charge is 0.163 e. The molecule has 0 fully saturated rings. The summed E-state index contributed by atoms with van der Waals surface area (Å²) in [5.74, 6) is 0.400. The van der Waals surface area contributed by atoms with Gasteiger partial charge in [-0.2, -0.15) is 0 Å². The molecular weight excluding hydrogens is 424 g/mol. The Morgan fingerprint density at radius 1 is 0.938 bits per heavy atom. The minimum absolute atomic E-state index is 0.0210. The number of ketones is 1. The van der Waals surface area contributed by atoms with Crippen LogP contribution in [0.4, 0.5) is 11.4 Å². The summed E-state index contributed by atoms with van der Waals surface area (Å²) in [5.41, 5.74) is 4.79. The molecule has 5 nitrogen and oxygen atoms in total. The summed E-state index contributed by atoms with van der Waals surface area (Å²) in [6.45, 7) is 0. The van der Waals surface area contributed by atoms with Crippen molar-refractivity contribution >= 4 is 28.8 Å². The fraction of sp³-hybridized carbons (Fsp3) is 0.192. The molecule has 1 aliphatic carbocycles. The number of carbonyl (C=O) groups is 1. The van der Waals surface area contributed by atoms with Crippen molar-refractivity contribution in [1.82, 2.24) is 0 Å². The number of methoxy groups -OCH3 is 1. The lowest BCUT2D eigenvalue weighted by Gasteiger charge is -2.30. The van der Waals surface area contributed by atoms with Crippen LogP contribution in [0.2, 0.25) is 5.02 Å². The van der Waals surface area contributed by atoms with Gasteiger partial charge >= 0.3 is 0 Å². The predicted molar refractivity (Wildman–Crippen MR) is 127 cm³/mol. The summed E-state index contributed by atoms with van der Waals surface area (Å²) in [7, 11) is 1.51. The van der Waals surface area contributed by atoms with E-state index in [-0.39, 0.29) is 17.5 Å². The van der Waals surface area contributed by atoms with Crippen LogP contribution in [0, 0.1) is 0 Å². The van der Waals surface area contributed by atoms with E-state index in [0.29, 0.717) is 34.8 Å². The maximum Gasteiger partial charge on any atom is 0.163 e. The molecule has 0 spiro atoms. The Labute approximate surface area is 191 Å². The van der Waals surface area contributed by atoms with Gasteiger partial charge in [-0.15, -0.1) is 0 Å². The average molecular weight is 447 g/mol. The zero-order valence-corrected chi connectivity index (χ0v) is 18.3. The van der Waals surface area contributed by atoms with E-state index in [0.717, 1.165) is 22.6 Å². The second-order valence-electron chi connectivity index (χ2n) is 8.09. The van der Waals surface area contributed by atoms with Crippen LogP contribution in [0.1, 0.15) is 35.9 Å². The molecule has 0 radical (unpaired) electrons. The highest BCUT2D eigenvalue weighted by atomic mass is 35.5. The highest BCUT2D eigenvalue weighted by molar-refractivity contribution is 6.31. The van der Waals surface area contributed by atoms with Gasteiger partial charge < -0.3 is 20.5 Å². The van der Waals surface area contributed by atoms with Gasteiger partial charge in [-0.3, -0.25) is 4.79 Å². The summed E-state index contributed by atoms with van der Waals surface area (Å²) in [4.78, 5) is 13.6. The van der Waals surface area contributed by atoms with Crippen LogP contribution in [0.5, 0.6) is 11.5 Å². The van der Waals surface area contributed by atoms with Crippen LogP contribution in [0.25, 0.3) is 0 Å². The van der Waals surface area contributed by atoms with E-state index in [9.17, 15) is 9.90 Å². The third-order valence-corrected chi connectivity index (χ3v) is 6.56. The molecule has 162 valence electrons. The Bertz CT molecular complexity index is 1240. The molecule has 0 bridgehead atoms. The van der Waals surface area contributed by atoms with Crippen molar-refractivity contribution < 1.29 is 14.6 Å². The van der Waals surface area contributed by atoms with Gasteiger partial charge in [0.1, 0.15) is 0 Å². The number of halogens is 1. The molecule has 3 aromatic carbocycles. The van der Waals surface area contributed by atoms with Crippen LogP contribution in [-0.4, -0.2) is 18.0 Å². The second kappa shape index (κ2) is 8.24. The van der Waals surface area contributed by atoms with Crippen molar-refractivity contribution in [2.75, 3.05) is 17.7 Å². The second-order valence-corrected chi connectivity index (χ2v) is 8.50. The first-order valence-electron chi connectivity index (χ1n) is 10.6. The molecule has 1 heterocycles. The number of para-hydroxylation sites is 3. The maximum atomic E-state index is 13.6. The van der Waals surface area contributed by atoms with E-state index in [2.05, 4.69) is 10.6 Å². The van der Waals surface area contributed by atoms with E-state index in [1.54, 1.807) is 6.07 Å². The van der Waals surface area contributed by atoms with Crippen molar-refractivity contribution in [3.8, 4) is 11.5 Å². The topological polar surface area (TPSA) is 70.6 Å². The summed E-state index contributed by atoms with van der Waals surface area (Å²) in [5, 5.41) is 18.5. The standard InChI is InChI=1S/C26H23ClN2O3/c1-32-23-12-6-8-17(26(23)31)25-24-21(28-19-10-4-5-11-20(19)29-25)13-15(14-22(24)30)16-7-2-3-9-18(16)27/h2-12,15,25,28-29,31H,13-14H2,1H3/t15-,25-/m0/s1. The van der Waals surface area contributed by atoms with Crippen molar-refractivity contribution in [2.45, 2.75) is 24.8 Å². The van der Waals surface area contributed by atoms with Gasteiger partial charge in [-0.25, -0.2) is 0 Å². The zero-order chi connectivity index (χ0) is 22.2. The molecule has 6 heteroatoms. The fourth-order valence-corrected chi connectivity index (χ4v) is 4.98. The number of anilines is 2. The molecule has 0 unspecified atom stereocenters. The lowest BCUT2D eigenvalue weighted by atomic mass is 9.78. The van der Waals surface area contributed by atoms with Gasteiger partial charge in [0.25, 0.3) is 0 Å². The first-order chi connectivity index (χ1) is 15.6. The maximum absolute atomic E-state index is 13.6. The average Bonchev–Trinajstić information content (AvgIpc) is 2.96. The Morgan fingerprint density at radius 3 is 2.44 bits per heavy atom. The van der Waals surface area contributed by atoms with E-state index in [1.165, 1.54) is 7.11 Å². The Morgan fingerprint density at radius 2 is 1.66 bits per heavy atom. The number of carbonyl (C=O) groups excluding carboxylic acids is 1. The summed E-state index contributed by atoms with van der Waals surface area (Å²) < 4.78 is 5.32. The normalized spacial score (nSPS) is 19.9. The molecule has 2 atom stereocenters. The third kappa shape index (κ3) is 3.49. The first-order valence-corrected chi connectivity index (χ1v) is 10.9. The van der Waals surface area contributed by atoms with E-state index in [4.69, 9.17) is 16.3 Å². The molecule has 0 aromatic heterocycles. The van der Waals surface area contributed by atoms with Crippen molar-refractivity contribution in [1.29, 1.82) is 0 Å². The highest BCUT2D eigenvalue weighted by Gasteiger charge is 2.37. The largest absolute Gasteiger partial charge is 0.504 e. The first kappa shape index (κ1) is 20.5. The van der Waals surface area contributed by atoms with Crippen LogP contribution in [-0.2, 0) is 4.79 Å². The number of rotatable bonds is 3. The molecule has 3 N–H and O–H groups in total. The van der Waals surface area contributed by atoms with Gasteiger partial charge in [-0.1, -0.05) is 54.1 Å². The summed E-state index contributed by atoms with van der Waals surface area (Å²) in [6, 6.07) is 20.3. The number of hydrogen-bond acceptors (Lipinski definition) is 5. The predicted octanol–water partition coefficient (Wildman–Crippen LogP) is 6.03. The Balaban J connectivity index is 1.65. The van der Waals surface area contributed by atoms with E-state index < -0.39 is 6.04 Å². The van der Waals surface area contributed by atoms with Crippen molar-refractivity contribution in [3.63, 3.8) is 0 Å². The minimum atomic E-state index is -0.518. The molecule has 3 aromatic rings. The molecule has 1 aliphatic heterocycles. The fourth-order valence-electron chi connectivity index (χ4n) is 4.69. The van der Waals surface area contributed by atoms with Crippen LogP contribution in [0.15, 0.2) is 78.0 Å². The summed E-state index contributed by atoms with van der Waals surface area (Å²) in [6.07, 6.45) is 0.992. The highest BCUT2D eigenvalue weighted by Crippen LogP contribution is 2.47. The SMILES string of the molecule is COc1cccc([C@@H]2Nc3ccccc3NC3=C2C(=O)C[C@@H](c2ccccc2Cl)C3)c1O. The number of allylic oxidation sites excluding steroid dienone is 1. The molecule has 32 heavy (non-hydrogen) atoms. The van der Waals surface area contributed by atoms with Crippen molar-refractivity contribution in [3.05, 3.63) is 94.1 Å². The van der Waals surface area contributed by atoms with Crippen LogP contribution in [0.3, 0.4) is 0 Å². The third-order valence-electron chi connectivity index (χ3n) is 6.22. The molecule has 2 aliphatic rings. The lowest BCUT2D eigenvalue weighted by Crippen LogP contribution is -2.27. The number of ether oxygens (including phenoxy) is 1. The van der Waals surface area contributed by atoms with Crippen LogP contribution >= 0.6 is 11.6 Å². The zero-order valence-electron chi connectivity index (χ0n) is 17.6. The number of nitrogens with one attached hydrogen (secondary N) is 2. The van der Waals surface area contributed by atoms with Crippen LogP contribution < -0.4 is 15.4 Å². The van der Waals surface area contributed by atoms with E-state index in [1.807, 2.05) is 60.7 Å². The summed E-state index contributed by atoms with van der Waals surface area (Å²) >= 11 is 6.47. The molecule has 5 rings (SSSR count). The molecule has 0 saturated heterocycles. The number of hydrogen-bond donors (Lipinski definition) is 3. The Kier molecular flexibility index (Phi) is 5.27. The van der Waals surface area contributed by atoms with Gasteiger partial charge in [0.2, 0.25) is 0 Å². The van der Waals surface area contributed by atoms with Gasteiger partial charge in [0.15, 0.2) is 17.3 Å². The number of benzene rings is 3. The quantitative estimate of drug-likeness (QED) is 0.458.